The molecule has 1 atom stereocenters. The van der Waals surface area contributed by atoms with E-state index in [0.29, 0.717) is 19.5 Å². The van der Waals surface area contributed by atoms with Crippen LogP contribution in [-0.4, -0.2) is 42.8 Å². The predicted octanol–water partition coefficient (Wildman–Crippen LogP) is 1.71. The Morgan fingerprint density at radius 2 is 1.90 bits per heavy atom. The molecule has 0 aliphatic rings. The summed E-state index contributed by atoms with van der Waals surface area (Å²) in [6, 6.07) is 7.82. The number of nitrogens with one attached hydrogen (secondary N) is 2. The predicted molar refractivity (Wildman–Crippen MR) is 85.0 cm³/mol. The number of carbonyl (C=O) groups excluding carboxylic acids is 1. The van der Waals surface area contributed by atoms with Crippen LogP contribution < -0.4 is 10.6 Å². The molecular formula is C16H27N3O2. The number of hydrogen-bond donors (Lipinski definition) is 3. The first kappa shape index (κ1) is 17.5. The second-order valence-corrected chi connectivity index (χ2v) is 5.51. The molecule has 0 aliphatic heterocycles. The summed E-state index contributed by atoms with van der Waals surface area (Å²) in [7, 11) is 4.04. The summed E-state index contributed by atoms with van der Waals surface area (Å²) in [5.41, 5.74) is 2.31. The first-order valence-electron chi connectivity index (χ1n) is 7.44. The second kappa shape index (κ2) is 9.37. The topological polar surface area (TPSA) is 64.6 Å². The van der Waals surface area contributed by atoms with Crippen LogP contribution in [0.25, 0.3) is 0 Å². The maximum atomic E-state index is 11.7. The van der Waals surface area contributed by atoms with Gasteiger partial charge in [-0.05, 0) is 31.6 Å². The van der Waals surface area contributed by atoms with Gasteiger partial charge < -0.3 is 20.6 Å². The van der Waals surface area contributed by atoms with E-state index in [2.05, 4.69) is 21.6 Å². The molecule has 0 spiro atoms. The van der Waals surface area contributed by atoms with Gasteiger partial charge in [-0.3, -0.25) is 0 Å². The minimum absolute atomic E-state index is 0.246. The smallest absolute Gasteiger partial charge is 0.315 e. The van der Waals surface area contributed by atoms with Gasteiger partial charge in [-0.2, -0.15) is 0 Å². The monoisotopic (exact) mass is 293 g/mol. The summed E-state index contributed by atoms with van der Waals surface area (Å²) < 4.78 is 0. The third-order valence-electron chi connectivity index (χ3n) is 3.16. The molecule has 1 aromatic rings. The standard InChI is InChI=1S/C16H27N3O2/c1-4-7-15(20)11-18-16(21)17-10-13-8-5-6-9-14(13)12-19(2)3/h5-6,8-9,15,20H,4,7,10-12H2,1-3H3,(H2,17,18,21). The molecule has 0 aromatic heterocycles. The lowest BCUT2D eigenvalue weighted by molar-refractivity contribution is 0.160. The van der Waals surface area contributed by atoms with E-state index in [4.69, 9.17) is 0 Å². The van der Waals surface area contributed by atoms with E-state index in [1.165, 1.54) is 5.56 Å². The number of urea groups is 1. The van der Waals surface area contributed by atoms with Crippen molar-refractivity contribution in [2.45, 2.75) is 39.0 Å². The Hall–Kier alpha value is -1.59. The summed E-state index contributed by atoms with van der Waals surface area (Å²) in [5, 5.41) is 15.1. The quantitative estimate of drug-likeness (QED) is 0.683. The van der Waals surface area contributed by atoms with E-state index in [-0.39, 0.29) is 6.03 Å². The molecule has 1 rings (SSSR count). The van der Waals surface area contributed by atoms with Gasteiger partial charge in [-0.25, -0.2) is 4.79 Å². The molecule has 1 unspecified atom stereocenters. The zero-order chi connectivity index (χ0) is 15.7. The lowest BCUT2D eigenvalue weighted by Crippen LogP contribution is -2.39. The summed E-state index contributed by atoms with van der Waals surface area (Å²) in [6.45, 7) is 3.62. The minimum atomic E-state index is -0.471. The van der Waals surface area contributed by atoms with Gasteiger partial charge in [0.25, 0.3) is 0 Å². The molecule has 0 heterocycles. The van der Waals surface area contributed by atoms with Gasteiger partial charge in [0.05, 0.1) is 6.10 Å². The number of amides is 2. The molecular weight excluding hydrogens is 266 g/mol. The molecule has 118 valence electrons. The molecule has 0 saturated carbocycles. The van der Waals surface area contributed by atoms with Gasteiger partial charge in [0.15, 0.2) is 0 Å². The number of benzene rings is 1. The molecule has 1 aromatic carbocycles. The fourth-order valence-corrected chi connectivity index (χ4v) is 2.11. The van der Waals surface area contributed by atoms with Crippen molar-refractivity contribution in [3.05, 3.63) is 35.4 Å². The molecule has 3 N–H and O–H groups in total. The van der Waals surface area contributed by atoms with Crippen LogP contribution in [-0.2, 0) is 13.1 Å². The van der Waals surface area contributed by atoms with E-state index in [1.54, 1.807) is 0 Å². The van der Waals surface area contributed by atoms with Crippen molar-refractivity contribution >= 4 is 6.03 Å². The molecule has 5 nitrogen and oxygen atoms in total. The summed E-state index contributed by atoms with van der Waals surface area (Å²) in [4.78, 5) is 13.8. The number of nitrogens with zero attached hydrogens (tertiary/aromatic N) is 1. The highest BCUT2D eigenvalue weighted by molar-refractivity contribution is 5.73. The van der Waals surface area contributed by atoms with Crippen molar-refractivity contribution in [1.82, 2.24) is 15.5 Å². The summed E-state index contributed by atoms with van der Waals surface area (Å²) in [6.07, 6.45) is 1.13. The molecule has 0 bridgehead atoms. The first-order chi connectivity index (χ1) is 10.0. The van der Waals surface area contributed by atoms with Gasteiger partial charge in [-0.15, -0.1) is 0 Å². The highest BCUT2D eigenvalue weighted by Gasteiger charge is 2.07. The van der Waals surface area contributed by atoms with E-state index < -0.39 is 6.10 Å². The maximum absolute atomic E-state index is 11.7. The molecule has 2 amide bonds. The SMILES string of the molecule is CCCC(O)CNC(=O)NCc1ccccc1CN(C)C. The molecule has 21 heavy (non-hydrogen) atoms. The Kier molecular flexibility index (Phi) is 7.79. The fourth-order valence-electron chi connectivity index (χ4n) is 2.11. The highest BCUT2D eigenvalue weighted by Crippen LogP contribution is 2.10. The summed E-state index contributed by atoms with van der Waals surface area (Å²) in [5.74, 6) is 0. The Morgan fingerprint density at radius 1 is 1.24 bits per heavy atom. The lowest BCUT2D eigenvalue weighted by atomic mass is 10.1. The van der Waals surface area contributed by atoms with E-state index >= 15 is 0 Å². The number of aliphatic hydroxyl groups is 1. The zero-order valence-electron chi connectivity index (χ0n) is 13.2. The van der Waals surface area contributed by atoms with E-state index in [9.17, 15) is 9.90 Å². The molecule has 0 saturated heterocycles. The van der Waals surface area contributed by atoms with Crippen LogP contribution in [0, 0.1) is 0 Å². The Labute approximate surface area is 127 Å². The normalized spacial score (nSPS) is 12.2. The van der Waals surface area contributed by atoms with Crippen molar-refractivity contribution < 1.29 is 9.90 Å². The third kappa shape index (κ3) is 7.11. The Morgan fingerprint density at radius 3 is 2.52 bits per heavy atom. The van der Waals surface area contributed by atoms with Crippen LogP contribution in [0.5, 0.6) is 0 Å². The minimum Gasteiger partial charge on any atom is -0.391 e. The van der Waals surface area contributed by atoms with Gasteiger partial charge in [-0.1, -0.05) is 37.6 Å². The molecule has 0 aliphatic carbocycles. The van der Waals surface area contributed by atoms with Crippen molar-refractivity contribution in [2.24, 2.45) is 0 Å². The van der Waals surface area contributed by atoms with Gasteiger partial charge in [0, 0.05) is 19.6 Å². The van der Waals surface area contributed by atoms with Gasteiger partial charge in [0.1, 0.15) is 0 Å². The van der Waals surface area contributed by atoms with Crippen molar-refractivity contribution in [2.75, 3.05) is 20.6 Å². The van der Waals surface area contributed by atoms with Crippen molar-refractivity contribution in [3.8, 4) is 0 Å². The van der Waals surface area contributed by atoms with Crippen LogP contribution in [0.1, 0.15) is 30.9 Å². The van der Waals surface area contributed by atoms with E-state index in [1.807, 2.05) is 39.2 Å². The van der Waals surface area contributed by atoms with Gasteiger partial charge >= 0.3 is 6.03 Å². The van der Waals surface area contributed by atoms with Gasteiger partial charge in [0.2, 0.25) is 0 Å². The Balaban J connectivity index is 2.42. The third-order valence-corrected chi connectivity index (χ3v) is 3.16. The van der Waals surface area contributed by atoms with Crippen LogP contribution in [0.4, 0.5) is 4.79 Å². The average molecular weight is 293 g/mol. The van der Waals surface area contributed by atoms with Crippen molar-refractivity contribution in [1.29, 1.82) is 0 Å². The zero-order valence-corrected chi connectivity index (χ0v) is 13.2. The molecule has 0 radical (unpaired) electrons. The van der Waals surface area contributed by atoms with Crippen LogP contribution in [0.15, 0.2) is 24.3 Å². The lowest BCUT2D eigenvalue weighted by Gasteiger charge is -2.15. The van der Waals surface area contributed by atoms with Crippen LogP contribution >= 0.6 is 0 Å². The van der Waals surface area contributed by atoms with Crippen molar-refractivity contribution in [3.63, 3.8) is 0 Å². The van der Waals surface area contributed by atoms with Crippen LogP contribution in [0.3, 0.4) is 0 Å². The number of aliphatic hydroxyl groups excluding tert-OH is 1. The second-order valence-electron chi connectivity index (χ2n) is 5.51. The largest absolute Gasteiger partial charge is 0.391 e. The maximum Gasteiger partial charge on any atom is 0.315 e. The fraction of sp³-hybridized carbons (Fsp3) is 0.562. The first-order valence-corrected chi connectivity index (χ1v) is 7.44. The number of carbonyl (C=O) groups is 1. The molecule has 5 heteroatoms. The van der Waals surface area contributed by atoms with E-state index in [0.717, 1.165) is 18.5 Å². The molecule has 0 fully saturated rings. The average Bonchev–Trinajstić information content (AvgIpc) is 2.44. The number of hydrogen-bond acceptors (Lipinski definition) is 3. The number of rotatable bonds is 8. The summed E-state index contributed by atoms with van der Waals surface area (Å²) >= 11 is 0. The Bertz CT molecular complexity index is 435. The highest BCUT2D eigenvalue weighted by atomic mass is 16.3. The van der Waals surface area contributed by atoms with Crippen LogP contribution in [0.2, 0.25) is 0 Å².